The zero-order valence-corrected chi connectivity index (χ0v) is 19.9. The van der Waals surface area contributed by atoms with E-state index in [4.69, 9.17) is 4.74 Å². The van der Waals surface area contributed by atoms with E-state index in [1.165, 1.54) is 12.0 Å². The first-order chi connectivity index (χ1) is 13.7. The zero-order valence-electron chi connectivity index (χ0n) is 19.9. The molecule has 30 heavy (non-hydrogen) atoms. The molecule has 0 unspecified atom stereocenters. The number of carbonyl (C=O) groups is 1. The number of anilines is 1. The van der Waals surface area contributed by atoms with Crippen LogP contribution in [-0.2, 0) is 4.74 Å². The first-order valence-corrected chi connectivity index (χ1v) is 11.3. The van der Waals surface area contributed by atoms with Gasteiger partial charge in [-0.15, -0.1) is 0 Å². The lowest BCUT2D eigenvalue weighted by Gasteiger charge is -2.46. The van der Waals surface area contributed by atoms with Crippen molar-refractivity contribution in [2.45, 2.75) is 79.2 Å². The smallest absolute Gasteiger partial charge is 0.410 e. The fraction of sp³-hybridized carbons (Fsp3) is 0.720. The predicted octanol–water partition coefficient (Wildman–Crippen LogP) is 5.77. The van der Waals surface area contributed by atoms with E-state index in [-0.39, 0.29) is 6.09 Å². The van der Waals surface area contributed by atoms with Crippen molar-refractivity contribution < 1.29 is 14.6 Å². The molecule has 1 N–H and O–H groups in total. The Bertz CT molecular complexity index is 755. The van der Waals surface area contributed by atoms with Gasteiger partial charge in [-0.3, -0.25) is 0 Å². The molecule has 2 fully saturated rings. The summed E-state index contributed by atoms with van der Waals surface area (Å²) in [5.74, 6) is 0.779. The molecule has 1 aliphatic heterocycles. The average molecular weight is 417 g/mol. The quantitative estimate of drug-likeness (QED) is 0.665. The molecule has 3 rings (SSSR count). The van der Waals surface area contributed by atoms with Crippen molar-refractivity contribution in [1.29, 1.82) is 0 Å². The summed E-state index contributed by atoms with van der Waals surface area (Å²) in [7, 11) is 0. The van der Waals surface area contributed by atoms with Crippen molar-refractivity contribution in [3.8, 4) is 5.75 Å². The highest BCUT2D eigenvalue weighted by molar-refractivity contribution is 5.69. The summed E-state index contributed by atoms with van der Waals surface area (Å²) >= 11 is 0. The van der Waals surface area contributed by atoms with E-state index in [0.29, 0.717) is 35.6 Å². The Balaban J connectivity index is 1.78. The summed E-state index contributed by atoms with van der Waals surface area (Å²) in [6.45, 7) is 17.9. The molecule has 1 heterocycles. The van der Waals surface area contributed by atoms with Gasteiger partial charge in [0.2, 0.25) is 0 Å². The first kappa shape index (κ1) is 22.8. The molecule has 1 aromatic carbocycles. The van der Waals surface area contributed by atoms with Gasteiger partial charge in [-0.2, -0.15) is 0 Å². The second kappa shape index (κ2) is 7.97. The van der Waals surface area contributed by atoms with Crippen LogP contribution in [0, 0.1) is 10.8 Å². The molecule has 168 valence electrons. The second-order valence-corrected chi connectivity index (χ2v) is 11.8. The Morgan fingerprint density at radius 2 is 1.60 bits per heavy atom. The number of phenolic OH excluding ortho intramolecular Hbond substituents is 1. The Hall–Kier alpha value is -1.91. The van der Waals surface area contributed by atoms with E-state index in [1.807, 2.05) is 32.9 Å². The fourth-order valence-corrected chi connectivity index (χ4v) is 5.67. The number of hydrogen-bond acceptors (Lipinski definition) is 4. The minimum Gasteiger partial charge on any atom is -0.508 e. The topological polar surface area (TPSA) is 53.0 Å². The van der Waals surface area contributed by atoms with Crippen LogP contribution >= 0.6 is 0 Å². The molecule has 0 radical (unpaired) electrons. The predicted molar refractivity (Wildman–Crippen MR) is 122 cm³/mol. The van der Waals surface area contributed by atoms with Gasteiger partial charge in [-0.05, 0) is 68.4 Å². The van der Waals surface area contributed by atoms with Crippen molar-refractivity contribution in [2.75, 3.05) is 31.1 Å². The molecular formula is C25H40N2O3. The summed E-state index contributed by atoms with van der Waals surface area (Å²) in [6, 6.07) is 5.85. The normalized spacial score (nSPS) is 22.1. The van der Waals surface area contributed by atoms with Gasteiger partial charge in [0.1, 0.15) is 11.4 Å². The maximum atomic E-state index is 12.4. The van der Waals surface area contributed by atoms with Crippen LogP contribution in [0.4, 0.5) is 10.5 Å². The van der Waals surface area contributed by atoms with E-state index in [2.05, 4.69) is 38.7 Å². The number of carbonyl (C=O) groups excluding carboxylic acids is 1. The van der Waals surface area contributed by atoms with Crippen molar-refractivity contribution >= 4 is 11.8 Å². The molecule has 1 amide bonds. The molecule has 0 bridgehead atoms. The number of ether oxygens (including phenoxy) is 1. The van der Waals surface area contributed by atoms with E-state index in [9.17, 15) is 9.90 Å². The van der Waals surface area contributed by atoms with Gasteiger partial charge in [0.15, 0.2) is 0 Å². The van der Waals surface area contributed by atoms with E-state index in [1.54, 1.807) is 4.90 Å². The van der Waals surface area contributed by atoms with Crippen molar-refractivity contribution in [3.05, 3.63) is 23.8 Å². The minimum atomic E-state index is -0.479. The molecule has 0 spiro atoms. The average Bonchev–Trinajstić information content (AvgIpc) is 2.57. The van der Waals surface area contributed by atoms with Gasteiger partial charge in [0, 0.05) is 37.9 Å². The van der Waals surface area contributed by atoms with Gasteiger partial charge in [0.05, 0.1) is 0 Å². The van der Waals surface area contributed by atoms with Crippen LogP contribution in [0.3, 0.4) is 0 Å². The number of benzene rings is 1. The number of nitrogens with zero attached hydrogens (tertiary/aromatic N) is 2. The molecule has 5 heteroatoms. The van der Waals surface area contributed by atoms with Gasteiger partial charge in [-0.1, -0.05) is 33.8 Å². The lowest BCUT2D eigenvalue weighted by Crippen LogP contribution is -2.50. The standard InChI is InChI=1S/C25H40N2O3/c1-23(2,3)30-22(29)27-12-10-26(11-13-27)21-14-19(28)8-9-20(21)18-15-24(4,5)17-25(6,7)16-18/h8-9,14,18,28H,10-13,15-17H2,1-7H3. The minimum absolute atomic E-state index is 0.242. The van der Waals surface area contributed by atoms with Crippen molar-refractivity contribution in [2.24, 2.45) is 10.8 Å². The number of phenols is 1. The Morgan fingerprint density at radius 3 is 2.13 bits per heavy atom. The Labute approximate surface area is 182 Å². The second-order valence-electron chi connectivity index (χ2n) is 11.8. The summed E-state index contributed by atoms with van der Waals surface area (Å²) in [5.41, 5.74) is 2.58. The number of aromatic hydroxyl groups is 1. The summed E-state index contributed by atoms with van der Waals surface area (Å²) in [6.07, 6.45) is 3.31. The summed E-state index contributed by atoms with van der Waals surface area (Å²) in [4.78, 5) is 16.5. The largest absolute Gasteiger partial charge is 0.508 e. The van der Waals surface area contributed by atoms with Crippen LogP contribution < -0.4 is 4.90 Å². The number of rotatable bonds is 2. The van der Waals surface area contributed by atoms with Crippen LogP contribution in [0.5, 0.6) is 5.75 Å². The molecule has 0 atom stereocenters. The third-order valence-electron chi connectivity index (χ3n) is 6.28. The first-order valence-electron chi connectivity index (χ1n) is 11.3. The number of amides is 1. The Kier molecular flexibility index (Phi) is 6.05. The maximum absolute atomic E-state index is 12.4. The number of hydrogen-bond donors (Lipinski definition) is 1. The highest BCUT2D eigenvalue weighted by Gasteiger charge is 2.40. The molecule has 0 aromatic heterocycles. The fourth-order valence-electron chi connectivity index (χ4n) is 5.67. The number of piperazine rings is 1. The zero-order chi connectivity index (χ0) is 22.3. The highest BCUT2D eigenvalue weighted by atomic mass is 16.6. The van der Waals surface area contributed by atoms with E-state index < -0.39 is 5.60 Å². The molecule has 1 aliphatic carbocycles. The summed E-state index contributed by atoms with van der Waals surface area (Å²) in [5, 5.41) is 10.2. The Morgan fingerprint density at radius 1 is 1.03 bits per heavy atom. The molecule has 5 nitrogen and oxygen atoms in total. The van der Waals surface area contributed by atoms with Gasteiger partial charge < -0.3 is 19.6 Å². The lowest BCUT2D eigenvalue weighted by atomic mass is 9.60. The van der Waals surface area contributed by atoms with Gasteiger partial charge >= 0.3 is 6.09 Å². The molecular weight excluding hydrogens is 376 g/mol. The van der Waals surface area contributed by atoms with Crippen LogP contribution in [-0.4, -0.2) is 47.9 Å². The SMILES string of the molecule is CC1(C)CC(c2ccc(O)cc2N2CCN(C(=O)OC(C)(C)C)CC2)CC(C)(C)C1. The summed E-state index contributed by atoms with van der Waals surface area (Å²) < 4.78 is 5.53. The molecule has 1 saturated heterocycles. The van der Waals surface area contributed by atoms with Crippen LogP contribution in [0.15, 0.2) is 18.2 Å². The van der Waals surface area contributed by atoms with E-state index >= 15 is 0 Å². The monoisotopic (exact) mass is 416 g/mol. The molecule has 1 aromatic rings. The van der Waals surface area contributed by atoms with Crippen LogP contribution in [0.2, 0.25) is 0 Å². The lowest BCUT2D eigenvalue weighted by molar-refractivity contribution is 0.0240. The maximum Gasteiger partial charge on any atom is 0.410 e. The van der Waals surface area contributed by atoms with Crippen molar-refractivity contribution in [1.82, 2.24) is 4.90 Å². The third kappa shape index (κ3) is 5.61. The molecule has 2 aliphatic rings. The third-order valence-corrected chi connectivity index (χ3v) is 6.28. The van der Waals surface area contributed by atoms with Crippen LogP contribution in [0.25, 0.3) is 0 Å². The van der Waals surface area contributed by atoms with Gasteiger partial charge in [0.25, 0.3) is 0 Å². The van der Waals surface area contributed by atoms with Crippen LogP contribution in [0.1, 0.15) is 79.2 Å². The van der Waals surface area contributed by atoms with Crippen molar-refractivity contribution in [3.63, 3.8) is 0 Å². The van der Waals surface area contributed by atoms with E-state index in [0.717, 1.165) is 31.6 Å². The van der Waals surface area contributed by atoms with Gasteiger partial charge in [-0.25, -0.2) is 4.79 Å². The molecule has 1 saturated carbocycles. The highest BCUT2D eigenvalue weighted by Crippen LogP contribution is 2.53.